The predicted octanol–water partition coefficient (Wildman–Crippen LogP) is 3.12. The van der Waals surface area contributed by atoms with Crippen LogP contribution in [-0.4, -0.2) is 26.7 Å². The lowest BCUT2D eigenvalue weighted by molar-refractivity contribution is -0.682. The van der Waals surface area contributed by atoms with Crippen LogP contribution in [0.5, 0.6) is 11.5 Å². The standard InChI is InChI=1S/C22H24N2O3/c1-15(18-10-6-8-16-7-4-5-9-19(16)18)23-14-22(25)24-17-11-12-20(26-2)21(13-17)27-3/h4-13,15,23H,14H2,1-3H3,(H,24,25)/p+1/t15-/m0/s1. The number of carbonyl (C=O) groups is 1. The van der Waals surface area contributed by atoms with Crippen molar-refractivity contribution in [2.24, 2.45) is 0 Å². The molecular formula is C22H25N2O3+. The highest BCUT2D eigenvalue weighted by Gasteiger charge is 2.14. The van der Waals surface area contributed by atoms with Gasteiger partial charge in [-0.25, -0.2) is 0 Å². The zero-order valence-corrected chi connectivity index (χ0v) is 15.9. The lowest BCUT2D eigenvalue weighted by Gasteiger charge is -2.14. The number of nitrogens with one attached hydrogen (secondary N) is 1. The summed E-state index contributed by atoms with van der Waals surface area (Å²) < 4.78 is 10.5. The number of nitrogens with two attached hydrogens (primary N) is 1. The number of hydrogen-bond acceptors (Lipinski definition) is 3. The van der Waals surface area contributed by atoms with Crippen LogP contribution < -0.4 is 20.1 Å². The molecule has 0 aliphatic rings. The average Bonchev–Trinajstić information content (AvgIpc) is 2.71. The molecule has 0 heterocycles. The Kier molecular flexibility index (Phi) is 5.94. The molecule has 3 aromatic carbocycles. The highest BCUT2D eigenvalue weighted by Crippen LogP contribution is 2.29. The molecule has 3 rings (SSSR count). The topological polar surface area (TPSA) is 64.2 Å². The Bertz CT molecular complexity index is 934. The SMILES string of the molecule is COc1ccc(NC(=O)C[NH2+][C@@H](C)c2cccc3ccccc23)cc1OC. The molecule has 0 aliphatic carbocycles. The van der Waals surface area contributed by atoms with Gasteiger partial charge in [-0.1, -0.05) is 42.5 Å². The molecule has 3 N–H and O–H groups in total. The average molecular weight is 365 g/mol. The molecule has 140 valence electrons. The van der Waals surface area contributed by atoms with Crippen LogP contribution in [0.4, 0.5) is 5.69 Å². The number of quaternary nitrogens is 1. The lowest BCUT2D eigenvalue weighted by Crippen LogP contribution is -2.86. The van der Waals surface area contributed by atoms with Crippen molar-refractivity contribution in [1.29, 1.82) is 0 Å². The largest absolute Gasteiger partial charge is 0.493 e. The fourth-order valence-electron chi connectivity index (χ4n) is 3.18. The smallest absolute Gasteiger partial charge is 0.279 e. The van der Waals surface area contributed by atoms with Crippen LogP contribution in [0.2, 0.25) is 0 Å². The molecule has 0 saturated heterocycles. The molecule has 3 aromatic rings. The van der Waals surface area contributed by atoms with Gasteiger partial charge in [0.2, 0.25) is 0 Å². The Morgan fingerprint density at radius 2 is 1.74 bits per heavy atom. The Balaban J connectivity index is 1.63. The first-order valence-corrected chi connectivity index (χ1v) is 8.95. The summed E-state index contributed by atoms with van der Waals surface area (Å²) in [5, 5.41) is 7.38. The second kappa shape index (κ2) is 8.56. The van der Waals surface area contributed by atoms with Gasteiger partial charge in [0.25, 0.3) is 5.91 Å². The van der Waals surface area contributed by atoms with Gasteiger partial charge >= 0.3 is 0 Å². The quantitative estimate of drug-likeness (QED) is 0.676. The number of anilines is 1. The molecule has 0 aliphatic heterocycles. The van der Waals surface area contributed by atoms with Crippen LogP contribution in [0.25, 0.3) is 10.8 Å². The van der Waals surface area contributed by atoms with Gasteiger partial charge in [0.05, 0.1) is 14.2 Å². The monoisotopic (exact) mass is 365 g/mol. The Hall–Kier alpha value is -3.05. The minimum atomic E-state index is -0.0608. The van der Waals surface area contributed by atoms with Gasteiger partial charge in [-0.15, -0.1) is 0 Å². The third-order valence-electron chi connectivity index (χ3n) is 4.64. The minimum Gasteiger partial charge on any atom is -0.493 e. The third kappa shape index (κ3) is 4.38. The number of benzene rings is 3. The van der Waals surface area contributed by atoms with Gasteiger partial charge in [-0.3, -0.25) is 4.79 Å². The summed E-state index contributed by atoms with van der Waals surface area (Å²) in [7, 11) is 3.16. The Labute approximate surface area is 159 Å². The van der Waals surface area contributed by atoms with E-state index < -0.39 is 0 Å². The van der Waals surface area contributed by atoms with E-state index in [0.29, 0.717) is 23.7 Å². The van der Waals surface area contributed by atoms with Crippen LogP contribution in [0.3, 0.4) is 0 Å². The number of hydrogen-bond donors (Lipinski definition) is 2. The van der Waals surface area contributed by atoms with Crippen LogP contribution >= 0.6 is 0 Å². The molecule has 0 unspecified atom stereocenters. The maximum Gasteiger partial charge on any atom is 0.279 e. The first kappa shape index (κ1) is 18.7. The molecule has 1 amide bonds. The lowest BCUT2D eigenvalue weighted by atomic mass is 10.00. The summed E-state index contributed by atoms with van der Waals surface area (Å²) in [6.07, 6.45) is 0. The molecule has 0 radical (unpaired) electrons. The van der Waals surface area contributed by atoms with Crippen molar-refractivity contribution >= 4 is 22.4 Å². The van der Waals surface area contributed by atoms with E-state index in [9.17, 15) is 4.79 Å². The predicted molar refractivity (Wildman–Crippen MR) is 107 cm³/mol. The van der Waals surface area contributed by atoms with E-state index >= 15 is 0 Å². The van der Waals surface area contributed by atoms with Crippen molar-refractivity contribution in [3.63, 3.8) is 0 Å². The third-order valence-corrected chi connectivity index (χ3v) is 4.64. The molecule has 0 spiro atoms. The minimum absolute atomic E-state index is 0.0608. The summed E-state index contributed by atoms with van der Waals surface area (Å²) >= 11 is 0. The Morgan fingerprint density at radius 3 is 2.52 bits per heavy atom. The van der Waals surface area contributed by atoms with Crippen molar-refractivity contribution in [3.8, 4) is 11.5 Å². The number of amides is 1. The van der Waals surface area contributed by atoms with Crippen molar-refractivity contribution in [2.75, 3.05) is 26.1 Å². The molecule has 0 fully saturated rings. The van der Waals surface area contributed by atoms with Gasteiger partial charge in [0, 0.05) is 17.3 Å². The molecule has 5 nitrogen and oxygen atoms in total. The van der Waals surface area contributed by atoms with Gasteiger partial charge < -0.3 is 20.1 Å². The second-order valence-corrected chi connectivity index (χ2v) is 6.41. The number of rotatable bonds is 7. The normalized spacial score (nSPS) is 11.8. The van der Waals surface area contributed by atoms with Crippen LogP contribution in [0, 0.1) is 0 Å². The first-order chi connectivity index (χ1) is 13.1. The fourth-order valence-corrected chi connectivity index (χ4v) is 3.18. The summed E-state index contributed by atoms with van der Waals surface area (Å²) in [5.41, 5.74) is 1.91. The highest BCUT2D eigenvalue weighted by molar-refractivity contribution is 5.91. The molecule has 0 saturated carbocycles. The Morgan fingerprint density at radius 1 is 1.00 bits per heavy atom. The number of carbonyl (C=O) groups excluding carboxylic acids is 1. The number of fused-ring (bicyclic) bond motifs is 1. The summed E-state index contributed by atoms with van der Waals surface area (Å²) in [4.78, 5) is 12.4. The van der Waals surface area contributed by atoms with E-state index in [1.807, 2.05) is 17.4 Å². The first-order valence-electron chi connectivity index (χ1n) is 8.95. The molecule has 27 heavy (non-hydrogen) atoms. The van der Waals surface area contributed by atoms with Crippen molar-refractivity contribution < 1.29 is 19.6 Å². The van der Waals surface area contributed by atoms with E-state index in [2.05, 4.69) is 42.6 Å². The molecule has 0 bridgehead atoms. The van der Waals surface area contributed by atoms with E-state index in [0.717, 1.165) is 0 Å². The van der Waals surface area contributed by atoms with E-state index in [4.69, 9.17) is 9.47 Å². The molecule has 1 atom stereocenters. The molecule has 0 aromatic heterocycles. The summed E-state index contributed by atoms with van der Waals surface area (Å²) in [6.45, 7) is 2.45. The van der Waals surface area contributed by atoms with Crippen LogP contribution in [-0.2, 0) is 4.79 Å². The summed E-state index contributed by atoms with van der Waals surface area (Å²) in [6, 6.07) is 20.1. The van der Waals surface area contributed by atoms with Crippen molar-refractivity contribution in [1.82, 2.24) is 0 Å². The number of methoxy groups -OCH3 is 2. The van der Waals surface area contributed by atoms with Crippen LogP contribution in [0.1, 0.15) is 18.5 Å². The van der Waals surface area contributed by atoms with Gasteiger partial charge in [0.1, 0.15) is 6.04 Å². The fraction of sp³-hybridized carbons (Fsp3) is 0.227. The summed E-state index contributed by atoms with van der Waals surface area (Å²) in [5.74, 6) is 1.16. The molecule has 5 heteroatoms. The number of ether oxygens (including phenoxy) is 2. The second-order valence-electron chi connectivity index (χ2n) is 6.41. The zero-order chi connectivity index (χ0) is 19.2. The van der Waals surface area contributed by atoms with Crippen LogP contribution in [0.15, 0.2) is 60.7 Å². The highest BCUT2D eigenvalue weighted by atomic mass is 16.5. The van der Waals surface area contributed by atoms with Crippen molar-refractivity contribution in [2.45, 2.75) is 13.0 Å². The van der Waals surface area contributed by atoms with E-state index in [1.54, 1.807) is 32.4 Å². The zero-order valence-electron chi connectivity index (χ0n) is 15.9. The van der Waals surface area contributed by atoms with Crippen molar-refractivity contribution in [3.05, 3.63) is 66.2 Å². The van der Waals surface area contributed by atoms with E-state index in [1.165, 1.54) is 16.3 Å². The van der Waals surface area contributed by atoms with Gasteiger partial charge in [0.15, 0.2) is 18.0 Å². The molecular weight excluding hydrogens is 340 g/mol. The maximum atomic E-state index is 12.4. The maximum absolute atomic E-state index is 12.4. The van der Waals surface area contributed by atoms with Gasteiger partial charge in [-0.2, -0.15) is 0 Å². The van der Waals surface area contributed by atoms with Gasteiger partial charge in [-0.05, 0) is 29.8 Å². The van der Waals surface area contributed by atoms with E-state index in [-0.39, 0.29) is 11.9 Å².